The summed E-state index contributed by atoms with van der Waals surface area (Å²) >= 11 is 0. The molecule has 0 saturated heterocycles. The number of carbonyl (C=O) groups excluding carboxylic acids is 2. The molecule has 0 aromatic heterocycles. The summed E-state index contributed by atoms with van der Waals surface area (Å²) in [6.07, 6.45) is -1.74. The van der Waals surface area contributed by atoms with Crippen molar-refractivity contribution in [3.8, 4) is 0 Å². The molecule has 10 nitrogen and oxygen atoms in total. The largest absolute Gasteiger partial charge is 0.481 e. The van der Waals surface area contributed by atoms with E-state index in [9.17, 15) is 29.6 Å². The van der Waals surface area contributed by atoms with Gasteiger partial charge in [0.15, 0.2) is 0 Å². The van der Waals surface area contributed by atoms with Crippen LogP contribution in [0.5, 0.6) is 0 Å². The van der Waals surface area contributed by atoms with E-state index in [1.165, 1.54) is 4.90 Å². The first-order valence-electron chi connectivity index (χ1n) is 7.96. The molecule has 0 bridgehead atoms. The summed E-state index contributed by atoms with van der Waals surface area (Å²) in [6, 6.07) is 5.72. The highest BCUT2D eigenvalue weighted by Crippen LogP contribution is 2.18. The van der Waals surface area contributed by atoms with Crippen molar-refractivity contribution in [2.45, 2.75) is 25.0 Å². The van der Waals surface area contributed by atoms with Gasteiger partial charge in [0.25, 0.3) is 5.91 Å². The van der Waals surface area contributed by atoms with Crippen molar-refractivity contribution in [2.24, 2.45) is 0 Å². The fourth-order valence-corrected chi connectivity index (χ4v) is 2.80. The van der Waals surface area contributed by atoms with Crippen molar-refractivity contribution in [3.63, 3.8) is 0 Å². The number of nitrogens with zero attached hydrogens (tertiary/aromatic N) is 2. The highest BCUT2D eigenvalue weighted by atomic mass is 16.6. The summed E-state index contributed by atoms with van der Waals surface area (Å²) in [4.78, 5) is 46.5. The highest BCUT2D eigenvalue weighted by Gasteiger charge is 2.30. The maximum absolute atomic E-state index is 12.4. The van der Waals surface area contributed by atoms with Crippen molar-refractivity contribution in [3.05, 3.63) is 45.5 Å². The van der Waals surface area contributed by atoms with Crippen LogP contribution in [0.1, 0.15) is 22.3 Å². The van der Waals surface area contributed by atoms with Gasteiger partial charge in [0, 0.05) is 17.0 Å². The topological polar surface area (TPSA) is 150 Å². The molecule has 0 fully saturated rings. The van der Waals surface area contributed by atoms with Crippen LogP contribution in [0.2, 0.25) is 0 Å². The second-order valence-corrected chi connectivity index (χ2v) is 5.99. The van der Waals surface area contributed by atoms with E-state index in [0.717, 1.165) is 5.56 Å². The number of amides is 2. The Bertz CT molecular complexity index is 722. The van der Waals surface area contributed by atoms with Gasteiger partial charge in [0.05, 0.1) is 19.0 Å². The Morgan fingerprint density at radius 1 is 1.35 bits per heavy atom. The van der Waals surface area contributed by atoms with Crippen molar-refractivity contribution in [1.82, 2.24) is 10.2 Å². The average molecular weight is 365 g/mol. The zero-order valence-corrected chi connectivity index (χ0v) is 13.8. The van der Waals surface area contributed by atoms with Crippen LogP contribution < -0.4 is 5.32 Å². The van der Waals surface area contributed by atoms with E-state index < -0.39 is 41.9 Å². The maximum Gasteiger partial charge on any atom is 0.305 e. The lowest BCUT2D eigenvalue weighted by Gasteiger charge is -2.29. The third-order valence-electron chi connectivity index (χ3n) is 4.06. The van der Waals surface area contributed by atoms with Gasteiger partial charge in [-0.3, -0.25) is 24.5 Å². The molecule has 0 saturated carbocycles. The number of aliphatic hydroxyl groups excluding tert-OH is 1. The molecule has 1 aliphatic heterocycles. The molecule has 140 valence electrons. The molecule has 0 aliphatic carbocycles. The molecule has 0 spiro atoms. The van der Waals surface area contributed by atoms with Gasteiger partial charge >= 0.3 is 5.97 Å². The average Bonchev–Trinajstić information content (AvgIpc) is 2.56. The summed E-state index contributed by atoms with van der Waals surface area (Å²) in [5.41, 5.74) is 1.39. The molecule has 2 amide bonds. The highest BCUT2D eigenvalue weighted by molar-refractivity contribution is 5.98. The molecule has 2 rings (SSSR count). The number of carboxylic acids is 1. The Morgan fingerprint density at radius 2 is 2.04 bits per heavy atom. The minimum atomic E-state index is -1.65. The van der Waals surface area contributed by atoms with Gasteiger partial charge in [-0.05, 0) is 18.1 Å². The molecule has 3 N–H and O–H groups in total. The van der Waals surface area contributed by atoms with E-state index in [0.29, 0.717) is 18.5 Å². The normalized spacial score (nSPS) is 15.7. The van der Waals surface area contributed by atoms with Gasteiger partial charge < -0.3 is 20.4 Å². The third-order valence-corrected chi connectivity index (χ3v) is 4.06. The van der Waals surface area contributed by atoms with Gasteiger partial charge in [0.1, 0.15) is 6.10 Å². The van der Waals surface area contributed by atoms with Crippen LogP contribution in [-0.4, -0.2) is 69.6 Å². The van der Waals surface area contributed by atoms with E-state index in [1.54, 1.807) is 12.1 Å². The third kappa shape index (κ3) is 4.99. The van der Waals surface area contributed by atoms with Crippen LogP contribution in [0.25, 0.3) is 0 Å². The predicted molar refractivity (Wildman–Crippen MR) is 88.1 cm³/mol. The molecule has 26 heavy (non-hydrogen) atoms. The number of hydrogen-bond acceptors (Lipinski definition) is 6. The molecule has 1 aromatic carbocycles. The second kappa shape index (κ2) is 8.39. The lowest BCUT2D eigenvalue weighted by atomic mass is 9.99. The molecule has 2 unspecified atom stereocenters. The number of fused-ring (bicyclic) bond motifs is 1. The van der Waals surface area contributed by atoms with E-state index >= 15 is 0 Å². The Labute approximate surface area is 148 Å². The van der Waals surface area contributed by atoms with Gasteiger partial charge in [-0.1, -0.05) is 18.2 Å². The van der Waals surface area contributed by atoms with Crippen LogP contribution in [0.4, 0.5) is 0 Å². The summed E-state index contributed by atoms with van der Waals surface area (Å²) in [6.45, 7) is -0.896. The minimum absolute atomic E-state index is 0.317. The van der Waals surface area contributed by atoms with Gasteiger partial charge in [-0.15, -0.1) is 0 Å². The standard InChI is InChI=1S/C16H19N3O7/c20-13(8-19(25)26)12(7-15(22)23)17-14(21)9-18-6-5-10-3-1-2-4-11(10)16(18)24/h1-4,12-13,20H,5-9H2,(H,17,21)(H,22,23). The summed E-state index contributed by atoms with van der Waals surface area (Å²) < 4.78 is 0. The SMILES string of the molecule is O=C(O)CC(NC(=O)CN1CCc2ccccc2C1=O)C(O)C[N+](=O)[O-]. The fraction of sp³-hybridized carbons (Fsp3) is 0.438. The zero-order valence-electron chi connectivity index (χ0n) is 13.8. The second-order valence-electron chi connectivity index (χ2n) is 5.99. The molecule has 0 radical (unpaired) electrons. The van der Waals surface area contributed by atoms with E-state index in [-0.39, 0.29) is 12.5 Å². The van der Waals surface area contributed by atoms with Gasteiger partial charge in [-0.2, -0.15) is 0 Å². The maximum atomic E-state index is 12.4. The Hall–Kier alpha value is -3.01. The molecule has 1 aliphatic rings. The Balaban J connectivity index is 2.00. The smallest absolute Gasteiger partial charge is 0.305 e. The van der Waals surface area contributed by atoms with E-state index in [2.05, 4.69) is 5.32 Å². The quantitative estimate of drug-likeness (QED) is 0.406. The molecule has 1 aromatic rings. The van der Waals surface area contributed by atoms with E-state index in [4.69, 9.17) is 5.11 Å². The van der Waals surface area contributed by atoms with E-state index in [1.807, 2.05) is 12.1 Å². The number of nitro groups is 1. The number of carboxylic acid groups (broad SMARTS) is 1. The van der Waals surface area contributed by atoms with Crippen LogP contribution in [-0.2, 0) is 16.0 Å². The first-order chi connectivity index (χ1) is 12.3. The fourth-order valence-electron chi connectivity index (χ4n) is 2.80. The van der Waals surface area contributed by atoms with Crippen LogP contribution in [0.3, 0.4) is 0 Å². The van der Waals surface area contributed by atoms with Gasteiger partial charge in [-0.25, -0.2) is 0 Å². The van der Waals surface area contributed by atoms with Crippen LogP contribution in [0.15, 0.2) is 24.3 Å². The van der Waals surface area contributed by atoms with Crippen LogP contribution in [0, 0.1) is 10.1 Å². The molecular weight excluding hydrogens is 346 g/mol. The lowest BCUT2D eigenvalue weighted by molar-refractivity contribution is -0.491. The van der Waals surface area contributed by atoms with Crippen molar-refractivity contribution < 1.29 is 29.5 Å². The Kier molecular flexibility index (Phi) is 6.23. The lowest BCUT2D eigenvalue weighted by Crippen LogP contribution is -2.51. The molecule has 10 heteroatoms. The number of hydrogen-bond donors (Lipinski definition) is 3. The van der Waals surface area contributed by atoms with Gasteiger partial charge in [0.2, 0.25) is 12.5 Å². The number of aliphatic carboxylic acids is 1. The predicted octanol–water partition coefficient (Wildman–Crippen LogP) is -0.718. The molecular formula is C16H19N3O7. The molecule has 1 heterocycles. The summed E-state index contributed by atoms with van der Waals surface area (Å²) in [5, 5.41) is 31.4. The number of benzene rings is 1. The van der Waals surface area contributed by atoms with Crippen molar-refractivity contribution >= 4 is 17.8 Å². The first kappa shape index (κ1) is 19.3. The number of nitrogens with one attached hydrogen (secondary N) is 1. The van der Waals surface area contributed by atoms with Crippen molar-refractivity contribution in [1.29, 1.82) is 0 Å². The first-order valence-corrected chi connectivity index (χ1v) is 7.96. The van der Waals surface area contributed by atoms with Crippen molar-refractivity contribution in [2.75, 3.05) is 19.6 Å². The minimum Gasteiger partial charge on any atom is -0.481 e. The monoisotopic (exact) mass is 365 g/mol. The number of carbonyl (C=O) groups is 3. The number of aliphatic hydroxyl groups is 1. The zero-order chi connectivity index (χ0) is 19.3. The summed E-state index contributed by atoms with van der Waals surface area (Å²) in [7, 11) is 0. The molecule has 2 atom stereocenters. The number of rotatable bonds is 8. The Morgan fingerprint density at radius 3 is 2.69 bits per heavy atom. The summed E-state index contributed by atoms with van der Waals surface area (Å²) in [5.74, 6) is -2.32. The van der Waals surface area contributed by atoms with Crippen LogP contribution >= 0.6 is 0 Å².